The SMILES string of the molecule is CCN1C(=O)C(CC(=O)Nc2cc(Cl)ccc2C)SC1=Nc1ccc(C)c(C)c1. The Kier molecular flexibility index (Phi) is 6.65. The van der Waals surface area contributed by atoms with Crippen molar-refractivity contribution in [1.29, 1.82) is 0 Å². The number of hydrogen-bond donors (Lipinski definition) is 1. The van der Waals surface area contributed by atoms with E-state index in [1.807, 2.05) is 45.0 Å². The van der Waals surface area contributed by atoms with E-state index in [9.17, 15) is 9.59 Å². The summed E-state index contributed by atoms with van der Waals surface area (Å²) in [5.41, 5.74) is 4.73. The molecule has 1 unspecified atom stereocenters. The average molecular weight is 430 g/mol. The van der Waals surface area contributed by atoms with Crippen LogP contribution in [0, 0.1) is 20.8 Å². The van der Waals surface area contributed by atoms with Crippen LogP contribution in [-0.2, 0) is 9.59 Å². The van der Waals surface area contributed by atoms with Gasteiger partial charge >= 0.3 is 0 Å². The first-order chi connectivity index (χ1) is 13.8. The minimum absolute atomic E-state index is 0.0812. The zero-order valence-corrected chi connectivity index (χ0v) is 18.5. The smallest absolute Gasteiger partial charge is 0.242 e. The molecule has 2 amide bonds. The van der Waals surface area contributed by atoms with E-state index in [0.29, 0.717) is 22.4 Å². The molecule has 5 nitrogen and oxygen atoms in total. The molecule has 1 N–H and O–H groups in total. The number of amides is 2. The maximum atomic E-state index is 12.8. The fourth-order valence-electron chi connectivity index (χ4n) is 3.02. The molecule has 29 heavy (non-hydrogen) atoms. The van der Waals surface area contributed by atoms with Crippen LogP contribution in [0.5, 0.6) is 0 Å². The fraction of sp³-hybridized carbons (Fsp3) is 0.318. The summed E-state index contributed by atoms with van der Waals surface area (Å²) in [6.45, 7) is 8.41. The van der Waals surface area contributed by atoms with Gasteiger partial charge in [0.05, 0.1) is 5.69 Å². The van der Waals surface area contributed by atoms with E-state index in [1.54, 1.807) is 17.0 Å². The lowest BCUT2D eigenvalue weighted by molar-refractivity contribution is -0.128. The summed E-state index contributed by atoms with van der Waals surface area (Å²) in [5.74, 6) is -0.303. The van der Waals surface area contributed by atoms with Gasteiger partial charge in [-0.05, 0) is 68.7 Å². The van der Waals surface area contributed by atoms with Crippen molar-refractivity contribution in [3.05, 3.63) is 58.1 Å². The molecule has 0 bridgehead atoms. The molecule has 2 aromatic rings. The molecule has 2 aromatic carbocycles. The third kappa shape index (κ3) is 5.00. The molecule has 1 fully saturated rings. The number of aliphatic imine (C=N–C) groups is 1. The fourth-order valence-corrected chi connectivity index (χ4v) is 4.41. The first-order valence-electron chi connectivity index (χ1n) is 9.48. The number of nitrogens with one attached hydrogen (secondary N) is 1. The van der Waals surface area contributed by atoms with Crippen molar-refractivity contribution in [2.45, 2.75) is 39.4 Å². The number of thioether (sulfide) groups is 1. The highest BCUT2D eigenvalue weighted by Crippen LogP contribution is 2.32. The van der Waals surface area contributed by atoms with Gasteiger partial charge in [-0.1, -0.05) is 35.5 Å². The number of carbonyl (C=O) groups excluding carboxylic acids is 2. The predicted octanol–water partition coefficient (Wildman–Crippen LogP) is 5.25. The van der Waals surface area contributed by atoms with Gasteiger partial charge in [-0.25, -0.2) is 4.99 Å². The first kappa shape index (κ1) is 21.4. The van der Waals surface area contributed by atoms with Crippen LogP contribution in [0.3, 0.4) is 0 Å². The summed E-state index contributed by atoms with van der Waals surface area (Å²) in [5, 5.41) is 3.57. The number of carbonyl (C=O) groups is 2. The predicted molar refractivity (Wildman–Crippen MR) is 121 cm³/mol. The second-order valence-electron chi connectivity index (χ2n) is 7.06. The highest BCUT2D eigenvalue weighted by molar-refractivity contribution is 8.15. The number of aryl methyl sites for hydroxylation is 3. The molecular formula is C22H24ClN3O2S. The van der Waals surface area contributed by atoms with Crippen molar-refractivity contribution in [2.75, 3.05) is 11.9 Å². The molecular weight excluding hydrogens is 406 g/mol. The number of nitrogens with zero attached hydrogens (tertiary/aromatic N) is 2. The molecule has 0 aromatic heterocycles. The lowest BCUT2D eigenvalue weighted by Gasteiger charge is -2.14. The molecule has 0 radical (unpaired) electrons. The van der Waals surface area contributed by atoms with Gasteiger partial charge in [0.25, 0.3) is 0 Å². The molecule has 1 aliphatic heterocycles. The number of rotatable bonds is 5. The Balaban J connectivity index is 1.74. The first-order valence-corrected chi connectivity index (χ1v) is 10.7. The van der Waals surface area contributed by atoms with Gasteiger partial charge in [-0.15, -0.1) is 0 Å². The molecule has 1 saturated heterocycles. The summed E-state index contributed by atoms with van der Waals surface area (Å²) < 4.78 is 0. The average Bonchev–Trinajstić information content (AvgIpc) is 2.95. The standard InChI is InChI=1S/C22H24ClN3O2S/c1-5-26-21(28)19(12-20(27)25-18-11-16(23)8-6-14(18)3)29-22(26)24-17-9-7-13(2)15(4)10-17/h6-11,19H,5,12H2,1-4H3,(H,25,27). The Hall–Kier alpha value is -2.31. The number of anilines is 1. The molecule has 3 rings (SSSR count). The monoisotopic (exact) mass is 429 g/mol. The lowest BCUT2D eigenvalue weighted by Crippen LogP contribution is -2.33. The maximum Gasteiger partial charge on any atom is 0.242 e. The Morgan fingerprint density at radius 2 is 1.86 bits per heavy atom. The van der Waals surface area contributed by atoms with Gasteiger partial charge in [0.15, 0.2) is 5.17 Å². The molecule has 1 heterocycles. The van der Waals surface area contributed by atoms with Crippen LogP contribution < -0.4 is 5.32 Å². The second kappa shape index (κ2) is 9.01. The summed E-state index contributed by atoms with van der Waals surface area (Å²) in [6, 6.07) is 11.3. The summed E-state index contributed by atoms with van der Waals surface area (Å²) in [4.78, 5) is 31.6. The van der Waals surface area contributed by atoms with Crippen molar-refractivity contribution in [2.24, 2.45) is 4.99 Å². The Morgan fingerprint density at radius 3 is 2.55 bits per heavy atom. The Labute approximate surface area is 180 Å². The zero-order valence-electron chi connectivity index (χ0n) is 17.0. The molecule has 0 saturated carbocycles. The maximum absolute atomic E-state index is 12.8. The van der Waals surface area contributed by atoms with Crippen LogP contribution in [0.2, 0.25) is 5.02 Å². The summed E-state index contributed by atoms with van der Waals surface area (Å²) in [6.07, 6.45) is 0.0812. The van der Waals surface area contributed by atoms with Gasteiger partial charge in [-0.2, -0.15) is 0 Å². The topological polar surface area (TPSA) is 61.8 Å². The van der Waals surface area contributed by atoms with Crippen LogP contribution in [0.4, 0.5) is 11.4 Å². The zero-order chi connectivity index (χ0) is 21.1. The van der Waals surface area contributed by atoms with Crippen molar-refractivity contribution in [3.63, 3.8) is 0 Å². The van der Waals surface area contributed by atoms with Gasteiger partial charge in [0, 0.05) is 23.7 Å². The number of amidine groups is 1. The van der Waals surface area contributed by atoms with E-state index in [1.165, 1.54) is 17.3 Å². The van der Waals surface area contributed by atoms with Crippen LogP contribution in [-0.4, -0.2) is 33.7 Å². The number of hydrogen-bond acceptors (Lipinski definition) is 4. The third-order valence-electron chi connectivity index (χ3n) is 4.90. The van der Waals surface area contributed by atoms with E-state index in [2.05, 4.69) is 17.2 Å². The number of halogens is 1. The highest BCUT2D eigenvalue weighted by atomic mass is 35.5. The van der Waals surface area contributed by atoms with Gasteiger partial charge in [-0.3, -0.25) is 14.5 Å². The summed E-state index contributed by atoms with van der Waals surface area (Å²) >= 11 is 7.36. The van der Waals surface area contributed by atoms with E-state index in [4.69, 9.17) is 11.6 Å². The van der Waals surface area contributed by atoms with Gasteiger partial charge < -0.3 is 5.32 Å². The quantitative estimate of drug-likeness (QED) is 0.706. The lowest BCUT2D eigenvalue weighted by atomic mass is 10.1. The van der Waals surface area contributed by atoms with Crippen LogP contribution >= 0.6 is 23.4 Å². The normalized spacial score (nSPS) is 17.8. The van der Waals surface area contributed by atoms with E-state index in [0.717, 1.165) is 16.8 Å². The van der Waals surface area contributed by atoms with Crippen molar-refractivity contribution in [3.8, 4) is 0 Å². The molecule has 0 aliphatic carbocycles. The molecule has 152 valence electrons. The van der Waals surface area contributed by atoms with Crippen molar-refractivity contribution in [1.82, 2.24) is 4.90 Å². The Morgan fingerprint density at radius 1 is 1.14 bits per heavy atom. The van der Waals surface area contributed by atoms with Crippen molar-refractivity contribution < 1.29 is 9.59 Å². The van der Waals surface area contributed by atoms with E-state index >= 15 is 0 Å². The third-order valence-corrected chi connectivity index (χ3v) is 6.31. The largest absolute Gasteiger partial charge is 0.326 e. The molecule has 7 heteroatoms. The van der Waals surface area contributed by atoms with Crippen LogP contribution in [0.25, 0.3) is 0 Å². The second-order valence-corrected chi connectivity index (χ2v) is 8.67. The highest BCUT2D eigenvalue weighted by Gasteiger charge is 2.38. The minimum Gasteiger partial charge on any atom is -0.326 e. The Bertz CT molecular complexity index is 990. The van der Waals surface area contributed by atoms with E-state index in [-0.39, 0.29) is 18.2 Å². The van der Waals surface area contributed by atoms with Gasteiger partial charge in [0.2, 0.25) is 11.8 Å². The van der Waals surface area contributed by atoms with E-state index < -0.39 is 5.25 Å². The molecule has 1 aliphatic rings. The molecule has 0 spiro atoms. The number of benzene rings is 2. The minimum atomic E-state index is -0.486. The van der Waals surface area contributed by atoms with Gasteiger partial charge in [0.1, 0.15) is 5.25 Å². The van der Waals surface area contributed by atoms with Crippen LogP contribution in [0.1, 0.15) is 30.0 Å². The summed E-state index contributed by atoms with van der Waals surface area (Å²) in [7, 11) is 0. The molecule has 1 atom stereocenters. The van der Waals surface area contributed by atoms with Crippen LogP contribution in [0.15, 0.2) is 41.4 Å². The van der Waals surface area contributed by atoms with Crippen molar-refractivity contribution >= 4 is 51.7 Å².